The van der Waals surface area contributed by atoms with E-state index in [9.17, 15) is 9.18 Å². The molecule has 20 heavy (non-hydrogen) atoms. The lowest BCUT2D eigenvalue weighted by molar-refractivity contribution is 0.0696. The highest BCUT2D eigenvalue weighted by Crippen LogP contribution is 2.22. The Hall–Kier alpha value is -2.69. The zero-order chi connectivity index (χ0) is 14.3. The van der Waals surface area contributed by atoms with E-state index in [1.807, 2.05) is 0 Å². The van der Waals surface area contributed by atoms with E-state index in [1.165, 1.54) is 18.3 Å². The SMILES string of the molecule is Cc1cc(-c2cn3cc(C(=O)O)ccc3n2)ccc1F. The summed E-state index contributed by atoms with van der Waals surface area (Å²) in [6.45, 7) is 1.69. The minimum Gasteiger partial charge on any atom is -0.478 e. The Labute approximate surface area is 114 Å². The zero-order valence-electron chi connectivity index (χ0n) is 10.7. The quantitative estimate of drug-likeness (QED) is 0.778. The van der Waals surface area contributed by atoms with Crippen molar-refractivity contribution < 1.29 is 14.3 Å². The number of imidazole rings is 1. The number of pyridine rings is 1. The topological polar surface area (TPSA) is 54.6 Å². The number of rotatable bonds is 2. The van der Waals surface area contributed by atoms with Gasteiger partial charge in [-0.05, 0) is 42.8 Å². The second-order valence-corrected chi connectivity index (χ2v) is 4.58. The number of carboxylic acid groups (broad SMARTS) is 1. The Balaban J connectivity index is 2.12. The van der Waals surface area contributed by atoms with Crippen LogP contribution in [0.3, 0.4) is 0 Å². The van der Waals surface area contributed by atoms with Gasteiger partial charge in [-0.1, -0.05) is 0 Å². The molecule has 0 saturated carbocycles. The Morgan fingerprint density at radius 3 is 2.75 bits per heavy atom. The molecule has 0 aliphatic heterocycles. The molecule has 0 unspecified atom stereocenters. The summed E-state index contributed by atoms with van der Waals surface area (Å²) in [6, 6.07) is 7.92. The van der Waals surface area contributed by atoms with Crippen LogP contribution in [-0.4, -0.2) is 20.5 Å². The molecule has 0 aliphatic rings. The normalized spacial score (nSPS) is 10.9. The number of hydrogen-bond acceptors (Lipinski definition) is 2. The zero-order valence-corrected chi connectivity index (χ0v) is 10.7. The third-order valence-corrected chi connectivity index (χ3v) is 3.15. The van der Waals surface area contributed by atoms with Crippen molar-refractivity contribution in [2.24, 2.45) is 0 Å². The van der Waals surface area contributed by atoms with Crippen molar-refractivity contribution in [3.05, 3.63) is 59.7 Å². The average Bonchev–Trinajstić information content (AvgIpc) is 2.84. The molecule has 0 radical (unpaired) electrons. The van der Waals surface area contributed by atoms with Gasteiger partial charge in [-0.25, -0.2) is 14.2 Å². The summed E-state index contributed by atoms with van der Waals surface area (Å²) in [7, 11) is 0. The summed E-state index contributed by atoms with van der Waals surface area (Å²) < 4.78 is 14.9. The number of carbonyl (C=O) groups is 1. The fourth-order valence-corrected chi connectivity index (χ4v) is 2.06. The van der Waals surface area contributed by atoms with Gasteiger partial charge in [-0.2, -0.15) is 0 Å². The average molecular weight is 270 g/mol. The summed E-state index contributed by atoms with van der Waals surface area (Å²) >= 11 is 0. The van der Waals surface area contributed by atoms with Gasteiger partial charge in [0.25, 0.3) is 0 Å². The van der Waals surface area contributed by atoms with Crippen molar-refractivity contribution in [3.63, 3.8) is 0 Å². The van der Waals surface area contributed by atoms with E-state index < -0.39 is 5.97 Å². The number of nitrogens with zero attached hydrogens (tertiary/aromatic N) is 2. The van der Waals surface area contributed by atoms with E-state index in [4.69, 9.17) is 5.11 Å². The summed E-state index contributed by atoms with van der Waals surface area (Å²) in [5.74, 6) is -1.24. The summed E-state index contributed by atoms with van der Waals surface area (Å²) in [5, 5.41) is 8.96. The number of aryl methyl sites for hydroxylation is 1. The molecule has 2 heterocycles. The molecule has 1 aromatic carbocycles. The van der Waals surface area contributed by atoms with Crippen LogP contribution in [0.15, 0.2) is 42.7 Å². The van der Waals surface area contributed by atoms with Crippen LogP contribution in [0.2, 0.25) is 0 Å². The standard InChI is InChI=1S/C15H11FN2O2/c1-9-6-10(2-4-12(9)16)13-8-18-7-11(15(19)20)3-5-14(18)17-13/h2-8H,1H3,(H,19,20). The molecule has 0 fully saturated rings. The number of hydrogen-bond donors (Lipinski definition) is 1. The lowest BCUT2D eigenvalue weighted by Gasteiger charge is -1.99. The molecule has 0 saturated heterocycles. The second-order valence-electron chi connectivity index (χ2n) is 4.58. The Kier molecular flexibility index (Phi) is 2.75. The fourth-order valence-electron chi connectivity index (χ4n) is 2.06. The molecule has 100 valence electrons. The Morgan fingerprint density at radius 1 is 1.25 bits per heavy atom. The van der Waals surface area contributed by atoms with Crippen molar-refractivity contribution in [1.29, 1.82) is 0 Å². The molecule has 2 aromatic heterocycles. The molecule has 1 N–H and O–H groups in total. The van der Waals surface area contributed by atoms with Crippen molar-refractivity contribution in [1.82, 2.24) is 9.38 Å². The number of fused-ring (bicyclic) bond motifs is 1. The molecule has 5 heteroatoms. The highest BCUT2D eigenvalue weighted by molar-refractivity contribution is 5.87. The molecule has 3 aromatic rings. The molecule has 0 bridgehead atoms. The van der Waals surface area contributed by atoms with Crippen LogP contribution < -0.4 is 0 Å². The highest BCUT2D eigenvalue weighted by atomic mass is 19.1. The highest BCUT2D eigenvalue weighted by Gasteiger charge is 2.09. The third kappa shape index (κ3) is 2.03. The van der Waals surface area contributed by atoms with Gasteiger partial charge in [0.1, 0.15) is 11.5 Å². The van der Waals surface area contributed by atoms with Crippen molar-refractivity contribution in [2.45, 2.75) is 6.92 Å². The number of aromatic carboxylic acids is 1. The predicted molar refractivity (Wildman–Crippen MR) is 72.3 cm³/mol. The summed E-state index contributed by atoms with van der Waals surface area (Å²) in [6.07, 6.45) is 3.24. The minimum absolute atomic E-state index is 0.191. The van der Waals surface area contributed by atoms with Crippen LogP contribution in [0.25, 0.3) is 16.9 Å². The Morgan fingerprint density at radius 2 is 2.05 bits per heavy atom. The van der Waals surface area contributed by atoms with Gasteiger partial charge < -0.3 is 9.51 Å². The largest absolute Gasteiger partial charge is 0.478 e. The van der Waals surface area contributed by atoms with E-state index in [-0.39, 0.29) is 11.4 Å². The number of carboxylic acids is 1. The van der Waals surface area contributed by atoms with Crippen LogP contribution in [0.4, 0.5) is 4.39 Å². The van der Waals surface area contributed by atoms with Crippen molar-refractivity contribution in [3.8, 4) is 11.3 Å². The molecule has 0 spiro atoms. The summed E-state index contributed by atoms with van der Waals surface area (Å²) in [4.78, 5) is 15.3. The summed E-state index contributed by atoms with van der Waals surface area (Å²) in [5.41, 5.74) is 2.86. The minimum atomic E-state index is -0.986. The number of aromatic nitrogens is 2. The molecule has 4 nitrogen and oxygen atoms in total. The van der Waals surface area contributed by atoms with Gasteiger partial charge in [-0.3, -0.25) is 0 Å². The first-order valence-corrected chi connectivity index (χ1v) is 6.03. The maximum atomic E-state index is 13.3. The first-order valence-electron chi connectivity index (χ1n) is 6.03. The third-order valence-electron chi connectivity index (χ3n) is 3.15. The maximum absolute atomic E-state index is 13.3. The van der Waals surface area contributed by atoms with Gasteiger partial charge in [0.05, 0.1) is 11.3 Å². The van der Waals surface area contributed by atoms with Gasteiger partial charge in [0.15, 0.2) is 0 Å². The van der Waals surface area contributed by atoms with E-state index in [2.05, 4.69) is 4.98 Å². The first kappa shape index (κ1) is 12.3. The lowest BCUT2D eigenvalue weighted by atomic mass is 10.1. The predicted octanol–water partition coefficient (Wildman–Crippen LogP) is 3.15. The lowest BCUT2D eigenvalue weighted by Crippen LogP contribution is -1.97. The molecule has 3 rings (SSSR count). The van der Waals surface area contributed by atoms with Crippen LogP contribution in [-0.2, 0) is 0 Å². The van der Waals surface area contributed by atoms with Gasteiger partial charge in [0, 0.05) is 18.0 Å². The van der Waals surface area contributed by atoms with Crippen LogP contribution in [0.5, 0.6) is 0 Å². The molecule has 0 amide bonds. The van der Waals surface area contributed by atoms with Crippen molar-refractivity contribution in [2.75, 3.05) is 0 Å². The van der Waals surface area contributed by atoms with Gasteiger partial charge in [0.2, 0.25) is 0 Å². The van der Waals surface area contributed by atoms with E-state index in [0.29, 0.717) is 16.9 Å². The Bertz CT molecular complexity index is 824. The smallest absolute Gasteiger partial charge is 0.337 e. The van der Waals surface area contributed by atoms with Crippen LogP contribution >= 0.6 is 0 Å². The van der Waals surface area contributed by atoms with Crippen LogP contribution in [0.1, 0.15) is 15.9 Å². The maximum Gasteiger partial charge on any atom is 0.337 e. The van der Waals surface area contributed by atoms with Crippen LogP contribution in [0, 0.1) is 12.7 Å². The monoisotopic (exact) mass is 270 g/mol. The molecule has 0 atom stereocenters. The molecular formula is C15H11FN2O2. The van der Waals surface area contributed by atoms with E-state index in [1.54, 1.807) is 35.7 Å². The fraction of sp³-hybridized carbons (Fsp3) is 0.0667. The van der Waals surface area contributed by atoms with E-state index >= 15 is 0 Å². The van der Waals surface area contributed by atoms with E-state index in [0.717, 1.165) is 5.56 Å². The molecular weight excluding hydrogens is 259 g/mol. The van der Waals surface area contributed by atoms with Crippen molar-refractivity contribution >= 4 is 11.6 Å². The molecule has 0 aliphatic carbocycles. The van der Waals surface area contributed by atoms with Gasteiger partial charge in [-0.15, -0.1) is 0 Å². The number of benzene rings is 1. The number of halogens is 1. The second kappa shape index (κ2) is 4.45. The van der Waals surface area contributed by atoms with Gasteiger partial charge >= 0.3 is 5.97 Å². The first-order chi connectivity index (χ1) is 9.54.